The highest BCUT2D eigenvalue weighted by molar-refractivity contribution is 6.01. The van der Waals surface area contributed by atoms with Crippen LogP contribution < -0.4 is 5.32 Å². The molecule has 2 heterocycles. The molecule has 1 saturated heterocycles. The number of rotatable bonds is 1. The number of nitrogens with zero attached hydrogens (tertiary/aromatic N) is 1. The summed E-state index contributed by atoms with van der Waals surface area (Å²) in [7, 11) is 0. The average molecular weight is 266 g/mol. The highest BCUT2D eigenvalue weighted by atomic mass is 16.3. The zero-order chi connectivity index (χ0) is 13.7. The molecule has 2 aromatic rings. The molecule has 2 aliphatic rings. The van der Waals surface area contributed by atoms with Gasteiger partial charge in [0.1, 0.15) is 11.4 Å². The molecule has 0 aromatic heterocycles. The Bertz CT molecular complexity index is 696. The van der Waals surface area contributed by atoms with Crippen LogP contribution in [0.3, 0.4) is 0 Å². The zero-order valence-corrected chi connectivity index (χ0v) is 10.8. The first-order valence-electron chi connectivity index (χ1n) is 6.69. The highest BCUT2D eigenvalue weighted by Gasteiger charge is 2.53. The maximum absolute atomic E-state index is 12.6. The molecule has 1 fully saturated rings. The molecule has 2 N–H and O–H groups in total. The van der Waals surface area contributed by atoms with Gasteiger partial charge in [-0.05, 0) is 23.8 Å². The molecule has 0 spiro atoms. The molecular weight excluding hydrogens is 252 g/mol. The van der Waals surface area contributed by atoms with Gasteiger partial charge in [-0.15, -0.1) is 0 Å². The van der Waals surface area contributed by atoms with Crippen LogP contribution in [0.25, 0.3) is 0 Å². The zero-order valence-electron chi connectivity index (χ0n) is 10.8. The Morgan fingerprint density at radius 2 is 1.85 bits per heavy atom. The minimum Gasteiger partial charge on any atom is -0.508 e. The van der Waals surface area contributed by atoms with Gasteiger partial charge in [0.25, 0.3) is 5.91 Å². The number of aromatic hydroxyl groups is 1. The van der Waals surface area contributed by atoms with Gasteiger partial charge < -0.3 is 10.0 Å². The van der Waals surface area contributed by atoms with Crippen molar-refractivity contribution in [1.82, 2.24) is 10.2 Å². The Balaban J connectivity index is 1.99. The summed E-state index contributed by atoms with van der Waals surface area (Å²) in [4.78, 5) is 14.4. The summed E-state index contributed by atoms with van der Waals surface area (Å²) in [6, 6.07) is 14.8. The van der Waals surface area contributed by atoms with Gasteiger partial charge in [0, 0.05) is 24.2 Å². The Morgan fingerprint density at radius 3 is 2.65 bits per heavy atom. The van der Waals surface area contributed by atoms with Gasteiger partial charge in [-0.1, -0.05) is 30.3 Å². The first-order chi connectivity index (χ1) is 9.73. The molecule has 2 aliphatic heterocycles. The summed E-state index contributed by atoms with van der Waals surface area (Å²) < 4.78 is 0. The lowest BCUT2D eigenvalue weighted by molar-refractivity contribution is 0.0694. The first kappa shape index (κ1) is 11.5. The predicted molar refractivity (Wildman–Crippen MR) is 74.4 cm³/mol. The number of benzene rings is 2. The van der Waals surface area contributed by atoms with E-state index in [2.05, 4.69) is 5.32 Å². The van der Waals surface area contributed by atoms with Crippen molar-refractivity contribution in [1.29, 1.82) is 0 Å². The van der Waals surface area contributed by atoms with Gasteiger partial charge >= 0.3 is 0 Å². The summed E-state index contributed by atoms with van der Waals surface area (Å²) in [6.07, 6.45) is 0. The van der Waals surface area contributed by atoms with Crippen molar-refractivity contribution in [3.8, 4) is 5.75 Å². The van der Waals surface area contributed by atoms with Crippen LogP contribution in [0.5, 0.6) is 5.75 Å². The van der Waals surface area contributed by atoms with Crippen molar-refractivity contribution >= 4 is 5.91 Å². The third-order valence-electron chi connectivity index (χ3n) is 4.20. The molecule has 1 atom stereocenters. The molecule has 100 valence electrons. The van der Waals surface area contributed by atoms with Gasteiger partial charge in [-0.2, -0.15) is 0 Å². The lowest BCUT2D eigenvalue weighted by atomic mass is 9.91. The standard InChI is InChI=1S/C16H14N2O2/c19-12-7-5-11(6-8-12)16-14-4-2-1-3-13(14)15(20)18(16)10-9-17-16/h1-8,17,19H,9-10H2/t16-/m0/s1. The summed E-state index contributed by atoms with van der Waals surface area (Å²) in [6.45, 7) is 1.45. The molecule has 2 aromatic carbocycles. The second-order valence-corrected chi connectivity index (χ2v) is 5.19. The van der Waals surface area contributed by atoms with Gasteiger partial charge in [-0.3, -0.25) is 10.1 Å². The fourth-order valence-corrected chi connectivity index (χ4v) is 3.35. The van der Waals surface area contributed by atoms with Crippen LogP contribution >= 0.6 is 0 Å². The molecule has 20 heavy (non-hydrogen) atoms. The largest absolute Gasteiger partial charge is 0.508 e. The summed E-state index contributed by atoms with van der Waals surface area (Å²) in [5.41, 5.74) is 2.15. The van der Waals surface area contributed by atoms with E-state index in [0.29, 0.717) is 6.54 Å². The van der Waals surface area contributed by atoms with Crippen molar-refractivity contribution in [2.75, 3.05) is 13.1 Å². The number of phenols is 1. The number of hydrogen-bond donors (Lipinski definition) is 2. The molecule has 4 nitrogen and oxygen atoms in total. The van der Waals surface area contributed by atoms with E-state index in [4.69, 9.17) is 0 Å². The molecule has 4 heteroatoms. The fourth-order valence-electron chi connectivity index (χ4n) is 3.35. The second-order valence-electron chi connectivity index (χ2n) is 5.19. The van der Waals surface area contributed by atoms with Crippen LogP contribution in [0.2, 0.25) is 0 Å². The third-order valence-corrected chi connectivity index (χ3v) is 4.20. The van der Waals surface area contributed by atoms with E-state index in [-0.39, 0.29) is 11.7 Å². The van der Waals surface area contributed by atoms with Crippen molar-refractivity contribution < 1.29 is 9.90 Å². The maximum atomic E-state index is 12.6. The molecule has 0 unspecified atom stereocenters. The Morgan fingerprint density at radius 1 is 1.10 bits per heavy atom. The summed E-state index contributed by atoms with van der Waals surface area (Å²) in [5.74, 6) is 0.297. The van der Waals surface area contributed by atoms with Gasteiger partial charge in [0.05, 0.1) is 0 Å². The van der Waals surface area contributed by atoms with E-state index >= 15 is 0 Å². The Kier molecular flexibility index (Phi) is 2.20. The van der Waals surface area contributed by atoms with Gasteiger partial charge in [-0.25, -0.2) is 0 Å². The van der Waals surface area contributed by atoms with E-state index in [9.17, 15) is 9.90 Å². The fraction of sp³-hybridized carbons (Fsp3) is 0.188. The minimum atomic E-state index is -0.582. The van der Waals surface area contributed by atoms with Crippen LogP contribution in [0.4, 0.5) is 0 Å². The number of carbonyl (C=O) groups is 1. The van der Waals surface area contributed by atoms with Crippen molar-refractivity contribution in [2.24, 2.45) is 0 Å². The van der Waals surface area contributed by atoms with Gasteiger partial charge in [0.15, 0.2) is 0 Å². The van der Waals surface area contributed by atoms with Crippen molar-refractivity contribution in [2.45, 2.75) is 5.66 Å². The van der Waals surface area contributed by atoms with Crippen LogP contribution in [-0.2, 0) is 5.66 Å². The topological polar surface area (TPSA) is 52.6 Å². The second kappa shape index (κ2) is 3.84. The number of fused-ring (bicyclic) bond motifs is 3. The van der Waals surface area contributed by atoms with Crippen LogP contribution in [0, 0.1) is 0 Å². The summed E-state index contributed by atoms with van der Waals surface area (Å²) in [5, 5.41) is 13.0. The van der Waals surface area contributed by atoms with Crippen molar-refractivity contribution in [3.63, 3.8) is 0 Å². The SMILES string of the molecule is O=C1c2ccccc2[C@@]2(c3ccc(O)cc3)NCCN12. The quantitative estimate of drug-likeness (QED) is 0.825. The number of phenolic OH excluding ortho intramolecular Hbond substituents is 1. The van der Waals surface area contributed by atoms with Crippen LogP contribution in [0.1, 0.15) is 21.5 Å². The number of carbonyl (C=O) groups excluding carboxylic acids is 1. The predicted octanol–water partition coefficient (Wildman–Crippen LogP) is 1.65. The van der Waals surface area contributed by atoms with E-state index in [1.807, 2.05) is 41.3 Å². The molecule has 0 radical (unpaired) electrons. The molecular formula is C16H14N2O2. The summed E-state index contributed by atoms with van der Waals surface area (Å²) >= 11 is 0. The van der Waals surface area contributed by atoms with Crippen LogP contribution in [0.15, 0.2) is 48.5 Å². The number of hydrogen-bond acceptors (Lipinski definition) is 3. The molecule has 0 bridgehead atoms. The normalized spacial score (nSPS) is 23.8. The molecule has 0 aliphatic carbocycles. The molecule has 0 saturated carbocycles. The first-order valence-corrected chi connectivity index (χ1v) is 6.69. The van der Waals surface area contributed by atoms with Crippen molar-refractivity contribution in [3.05, 3.63) is 65.2 Å². The Hall–Kier alpha value is -2.33. The monoisotopic (exact) mass is 266 g/mol. The molecule has 4 rings (SSSR count). The third kappa shape index (κ3) is 1.26. The smallest absolute Gasteiger partial charge is 0.256 e. The minimum absolute atomic E-state index is 0.0682. The maximum Gasteiger partial charge on any atom is 0.256 e. The van der Waals surface area contributed by atoms with E-state index < -0.39 is 5.66 Å². The van der Waals surface area contributed by atoms with Gasteiger partial charge in [0.2, 0.25) is 0 Å². The van der Waals surface area contributed by atoms with E-state index in [1.54, 1.807) is 12.1 Å². The van der Waals surface area contributed by atoms with E-state index in [1.165, 1.54) is 0 Å². The Labute approximate surface area is 116 Å². The number of nitrogens with one attached hydrogen (secondary N) is 1. The van der Waals surface area contributed by atoms with E-state index in [0.717, 1.165) is 23.2 Å². The number of amides is 1. The lowest BCUT2D eigenvalue weighted by Crippen LogP contribution is -2.46. The average Bonchev–Trinajstić information content (AvgIpc) is 3.01. The lowest BCUT2D eigenvalue weighted by Gasteiger charge is -2.33. The van der Waals surface area contributed by atoms with Crippen LogP contribution in [-0.4, -0.2) is 29.0 Å². The molecule has 1 amide bonds. The highest BCUT2D eigenvalue weighted by Crippen LogP contribution is 2.44.